The first-order valence-electron chi connectivity index (χ1n) is 11.3. The summed E-state index contributed by atoms with van der Waals surface area (Å²) in [6.45, 7) is 2.76. The second-order valence-electron chi connectivity index (χ2n) is 8.00. The first-order chi connectivity index (χ1) is 17.1. The van der Waals surface area contributed by atoms with Crippen LogP contribution in [-0.4, -0.2) is 11.1 Å². The third-order valence-corrected chi connectivity index (χ3v) is 6.11. The number of hydrogen-bond acceptors (Lipinski definition) is 4. The minimum absolute atomic E-state index is 0.0832. The molecule has 0 bridgehead atoms. The third kappa shape index (κ3) is 6.94. The van der Waals surface area contributed by atoms with E-state index in [2.05, 4.69) is 45.5 Å². The molecule has 178 valence electrons. The molecule has 1 aliphatic rings. The Morgan fingerprint density at radius 3 is 1.74 bits per heavy atom. The molecule has 0 amide bonds. The average molecular weight is 532 g/mol. The normalized spacial score (nSPS) is 11.7. The highest BCUT2D eigenvalue weighted by molar-refractivity contribution is 9.10. The number of benzene rings is 4. The van der Waals surface area contributed by atoms with Crippen molar-refractivity contribution >= 4 is 21.9 Å². The van der Waals surface area contributed by atoms with Crippen LogP contribution < -0.4 is 14.8 Å². The Balaban J connectivity index is 0.000000266. The SMILES string of the molecule is O=C(O)c1cc(Br)c(OCc2ccccc2)cc1OCc1ccccc1.c1ccc2c(c1)CNC2. The third-order valence-electron chi connectivity index (χ3n) is 5.49. The smallest absolute Gasteiger partial charge is 0.339 e. The number of carbonyl (C=O) groups is 1. The minimum Gasteiger partial charge on any atom is -0.488 e. The van der Waals surface area contributed by atoms with E-state index in [1.165, 1.54) is 17.2 Å². The molecule has 1 heterocycles. The molecule has 5 rings (SSSR count). The van der Waals surface area contributed by atoms with E-state index in [-0.39, 0.29) is 17.9 Å². The van der Waals surface area contributed by atoms with E-state index in [0.717, 1.165) is 24.2 Å². The number of aromatic carboxylic acids is 1. The summed E-state index contributed by atoms with van der Waals surface area (Å²) in [4.78, 5) is 11.5. The Morgan fingerprint density at radius 1 is 0.743 bits per heavy atom. The van der Waals surface area contributed by atoms with Crippen molar-refractivity contribution in [2.75, 3.05) is 0 Å². The molecule has 6 heteroatoms. The predicted molar refractivity (Wildman–Crippen MR) is 140 cm³/mol. The van der Waals surface area contributed by atoms with Crippen LogP contribution in [0, 0.1) is 0 Å². The van der Waals surface area contributed by atoms with Crippen LogP contribution >= 0.6 is 15.9 Å². The zero-order chi connectivity index (χ0) is 24.5. The summed E-state index contributed by atoms with van der Waals surface area (Å²) >= 11 is 3.38. The zero-order valence-corrected chi connectivity index (χ0v) is 20.7. The Kier molecular flexibility index (Phi) is 8.54. The van der Waals surface area contributed by atoms with Crippen LogP contribution in [0.4, 0.5) is 0 Å². The summed E-state index contributed by atoms with van der Waals surface area (Å²) in [5, 5.41) is 12.7. The number of rotatable bonds is 7. The van der Waals surface area contributed by atoms with Crippen molar-refractivity contribution in [1.29, 1.82) is 0 Å². The number of fused-ring (bicyclic) bond motifs is 1. The summed E-state index contributed by atoms with van der Waals surface area (Å²) in [6, 6.07) is 31.0. The van der Waals surface area contributed by atoms with Gasteiger partial charge in [0.05, 0.1) is 4.47 Å². The Hall–Kier alpha value is -3.61. The topological polar surface area (TPSA) is 67.8 Å². The van der Waals surface area contributed by atoms with Gasteiger partial charge in [-0.25, -0.2) is 4.79 Å². The quantitative estimate of drug-likeness (QED) is 0.281. The lowest BCUT2D eigenvalue weighted by molar-refractivity contribution is 0.0691. The lowest BCUT2D eigenvalue weighted by Gasteiger charge is -2.14. The standard InChI is InChI=1S/C21H17BrO4.C8H9N/c22-18-11-17(21(23)24)19(25-13-15-7-3-1-4-8-15)12-20(18)26-14-16-9-5-2-6-10-16;1-2-4-8-6-9-5-7(8)3-1/h1-12H,13-14H2,(H,23,24);1-4,9H,5-6H2. The van der Waals surface area contributed by atoms with E-state index in [4.69, 9.17) is 9.47 Å². The fourth-order valence-corrected chi connectivity index (χ4v) is 4.09. The van der Waals surface area contributed by atoms with Crippen LogP contribution in [0.1, 0.15) is 32.6 Å². The Bertz CT molecular complexity index is 1240. The van der Waals surface area contributed by atoms with Gasteiger partial charge in [0.1, 0.15) is 30.3 Å². The molecule has 4 aromatic carbocycles. The van der Waals surface area contributed by atoms with Crippen molar-refractivity contribution in [3.8, 4) is 11.5 Å². The fourth-order valence-electron chi connectivity index (χ4n) is 3.64. The summed E-state index contributed by atoms with van der Waals surface area (Å²) in [6.07, 6.45) is 0. The molecule has 0 aliphatic carbocycles. The number of hydrogen-bond donors (Lipinski definition) is 2. The van der Waals surface area contributed by atoms with Crippen LogP contribution in [0.3, 0.4) is 0 Å². The zero-order valence-electron chi connectivity index (χ0n) is 19.1. The summed E-state index contributed by atoms with van der Waals surface area (Å²) in [7, 11) is 0. The maximum Gasteiger partial charge on any atom is 0.339 e. The van der Waals surface area contributed by atoms with Gasteiger partial charge in [-0.05, 0) is 44.3 Å². The average Bonchev–Trinajstić information content (AvgIpc) is 3.37. The number of halogens is 1. The van der Waals surface area contributed by atoms with E-state index in [9.17, 15) is 9.90 Å². The van der Waals surface area contributed by atoms with Crippen LogP contribution in [0.5, 0.6) is 11.5 Å². The molecule has 0 saturated heterocycles. The summed E-state index contributed by atoms with van der Waals surface area (Å²) < 4.78 is 12.1. The van der Waals surface area contributed by atoms with Crippen LogP contribution in [0.25, 0.3) is 0 Å². The minimum atomic E-state index is -1.05. The van der Waals surface area contributed by atoms with Gasteiger partial charge in [0, 0.05) is 19.2 Å². The Labute approximate surface area is 213 Å². The van der Waals surface area contributed by atoms with Crippen LogP contribution in [0.2, 0.25) is 0 Å². The van der Waals surface area contributed by atoms with Crippen LogP contribution in [-0.2, 0) is 26.3 Å². The second kappa shape index (κ2) is 12.2. The van der Waals surface area contributed by atoms with Gasteiger partial charge in [0.25, 0.3) is 0 Å². The molecule has 1 aliphatic heterocycles. The van der Waals surface area contributed by atoms with Crippen molar-refractivity contribution in [2.24, 2.45) is 0 Å². The largest absolute Gasteiger partial charge is 0.488 e. The fraction of sp³-hybridized carbons (Fsp3) is 0.138. The highest BCUT2D eigenvalue weighted by Crippen LogP contribution is 2.34. The van der Waals surface area contributed by atoms with E-state index >= 15 is 0 Å². The maximum absolute atomic E-state index is 11.5. The van der Waals surface area contributed by atoms with Crippen LogP contribution in [0.15, 0.2) is 102 Å². The first kappa shape index (κ1) is 24.5. The molecule has 35 heavy (non-hydrogen) atoms. The van der Waals surface area contributed by atoms with Crippen molar-refractivity contribution < 1.29 is 19.4 Å². The highest BCUT2D eigenvalue weighted by Gasteiger charge is 2.16. The second-order valence-corrected chi connectivity index (χ2v) is 8.86. The number of carboxylic acids is 1. The van der Waals surface area contributed by atoms with Gasteiger partial charge >= 0.3 is 5.97 Å². The lowest BCUT2D eigenvalue weighted by atomic mass is 10.1. The van der Waals surface area contributed by atoms with Gasteiger partial charge in [0.2, 0.25) is 0 Å². The van der Waals surface area contributed by atoms with E-state index in [1.807, 2.05) is 60.7 Å². The molecular formula is C29H26BrNO4. The summed E-state index contributed by atoms with van der Waals surface area (Å²) in [5.74, 6) is -0.252. The Morgan fingerprint density at radius 2 is 1.23 bits per heavy atom. The van der Waals surface area contributed by atoms with Gasteiger partial charge in [-0.2, -0.15) is 0 Å². The van der Waals surface area contributed by atoms with Gasteiger partial charge in [0.15, 0.2) is 0 Å². The lowest BCUT2D eigenvalue weighted by Crippen LogP contribution is -2.05. The van der Waals surface area contributed by atoms with Crippen molar-refractivity contribution in [3.63, 3.8) is 0 Å². The molecule has 0 radical (unpaired) electrons. The molecule has 0 aromatic heterocycles. The number of ether oxygens (including phenoxy) is 2. The highest BCUT2D eigenvalue weighted by atomic mass is 79.9. The monoisotopic (exact) mass is 531 g/mol. The molecule has 0 fully saturated rings. The number of nitrogens with one attached hydrogen (secondary N) is 1. The van der Waals surface area contributed by atoms with Crippen molar-refractivity contribution in [3.05, 3.63) is 129 Å². The van der Waals surface area contributed by atoms with Gasteiger partial charge in [-0.1, -0.05) is 84.9 Å². The van der Waals surface area contributed by atoms with E-state index in [0.29, 0.717) is 16.8 Å². The van der Waals surface area contributed by atoms with Crippen molar-refractivity contribution in [2.45, 2.75) is 26.3 Å². The molecule has 0 unspecified atom stereocenters. The van der Waals surface area contributed by atoms with Gasteiger partial charge in [-0.15, -0.1) is 0 Å². The molecular weight excluding hydrogens is 506 g/mol. The molecule has 0 spiro atoms. The maximum atomic E-state index is 11.5. The molecule has 0 atom stereocenters. The molecule has 5 nitrogen and oxygen atoms in total. The first-order valence-corrected chi connectivity index (χ1v) is 12.1. The van der Waals surface area contributed by atoms with E-state index in [1.54, 1.807) is 6.07 Å². The summed E-state index contributed by atoms with van der Waals surface area (Å²) in [5.41, 5.74) is 4.97. The molecule has 4 aromatic rings. The molecule has 2 N–H and O–H groups in total. The molecule has 0 saturated carbocycles. The van der Waals surface area contributed by atoms with Gasteiger partial charge in [-0.3, -0.25) is 0 Å². The predicted octanol–water partition coefficient (Wildman–Crippen LogP) is 6.60. The number of carboxylic acid groups (broad SMARTS) is 1. The van der Waals surface area contributed by atoms with E-state index < -0.39 is 5.97 Å². The van der Waals surface area contributed by atoms with Gasteiger partial charge < -0.3 is 19.9 Å². The van der Waals surface area contributed by atoms with Crippen molar-refractivity contribution in [1.82, 2.24) is 5.32 Å².